The number of ether oxygens (including phenoxy) is 2. The van der Waals surface area contributed by atoms with Crippen molar-refractivity contribution in [2.24, 2.45) is 0 Å². The molecule has 0 atom stereocenters. The Balaban J connectivity index is 0.000000501. The molecule has 0 aromatic heterocycles. The van der Waals surface area contributed by atoms with Crippen molar-refractivity contribution in [3.63, 3.8) is 0 Å². The molecule has 2 aromatic carbocycles. The zero-order valence-electron chi connectivity index (χ0n) is 14.8. The van der Waals surface area contributed by atoms with Gasteiger partial charge in [0, 0.05) is 28.5 Å². The quantitative estimate of drug-likeness (QED) is 0.238. The molecule has 29 heavy (non-hydrogen) atoms. The van der Waals surface area contributed by atoms with Crippen molar-refractivity contribution in [2.45, 2.75) is 0 Å². The fourth-order valence-electron chi connectivity index (χ4n) is 1.63. The molecule has 0 fully saturated rings. The number of rotatable bonds is 3. The molecule has 1 radical (unpaired) electrons. The topological polar surface area (TPSA) is 18.5 Å². The molecular formula is C18H16ClF6FeO2P-. The van der Waals surface area contributed by atoms with Crippen LogP contribution in [0.15, 0.2) is 72.8 Å². The van der Waals surface area contributed by atoms with Crippen LogP contribution in [0.4, 0.5) is 25.2 Å². The van der Waals surface area contributed by atoms with E-state index < -0.39 is 7.81 Å². The largest absolute Gasteiger partial charge is 0.0767 e. The summed E-state index contributed by atoms with van der Waals surface area (Å²) in [7, 11) is -9.03. The number of allylic oxidation sites excluding steroid dienone is 4. The average Bonchev–Trinajstić information content (AvgIpc) is 3.12. The van der Waals surface area contributed by atoms with Crippen LogP contribution in [0.2, 0.25) is 5.02 Å². The first-order valence-corrected chi connectivity index (χ1v) is 9.94. The van der Waals surface area contributed by atoms with Gasteiger partial charge in [0.15, 0.2) is 0 Å². The zero-order valence-corrected chi connectivity index (χ0v) is 17.5. The van der Waals surface area contributed by atoms with E-state index in [1.807, 2.05) is 73.2 Å². The smallest absolute Gasteiger partial charge is 0.00506 e. The van der Waals surface area contributed by atoms with Crippen molar-refractivity contribution < 1.29 is 51.7 Å². The van der Waals surface area contributed by atoms with Crippen LogP contribution in [-0.4, -0.2) is 7.11 Å². The van der Waals surface area contributed by atoms with E-state index in [1.54, 1.807) is 13.2 Å². The van der Waals surface area contributed by atoms with E-state index >= 15 is 0 Å². The monoisotopic (exact) mass is 500 g/mol. The number of benzene rings is 2. The molecule has 0 spiro atoms. The molecule has 11 heteroatoms. The summed E-state index contributed by atoms with van der Waals surface area (Å²) in [6, 6.07) is 14.7. The van der Waals surface area contributed by atoms with Gasteiger partial charge >= 0.3 is 33.0 Å². The molecule has 0 saturated carbocycles. The van der Waals surface area contributed by atoms with Gasteiger partial charge in [-0.1, -0.05) is 42.0 Å². The molecule has 1 aliphatic carbocycles. The van der Waals surface area contributed by atoms with Crippen molar-refractivity contribution in [3.8, 4) is 17.2 Å². The molecule has 1 aliphatic rings. The van der Waals surface area contributed by atoms with E-state index in [2.05, 4.69) is 0 Å². The van der Waals surface area contributed by atoms with Crippen LogP contribution in [0.5, 0.6) is 17.2 Å². The summed E-state index contributed by atoms with van der Waals surface area (Å²) in [5.74, 6) is 2.28. The molecular weight excluding hydrogens is 484 g/mol. The standard InChI is InChI=1S/C13H11ClO2.C5H5.F6P.Fe/c1-15-11-5-7-12(8-6-11)16-13-4-2-3-10(14)9-13;1-2-4-5-3-1;1-7(2,3,4,5)6;/h2-9H,1H3;1-5H;;/q;;-1;. The Morgan fingerprint density at radius 1 is 0.724 bits per heavy atom. The summed E-state index contributed by atoms with van der Waals surface area (Å²) in [6.45, 7) is 0. The third-order valence-electron chi connectivity index (χ3n) is 2.65. The van der Waals surface area contributed by atoms with E-state index in [0.29, 0.717) is 5.02 Å². The first kappa shape index (κ1) is 27.3. The Bertz CT molecular complexity index is 803. The number of hydrogen-bond donors (Lipinski definition) is 0. The second-order valence-corrected chi connectivity index (χ2v) is 7.51. The van der Waals surface area contributed by atoms with E-state index in [1.165, 1.54) is 0 Å². The molecule has 2 nitrogen and oxygen atoms in total. The Morgan fingerprint density at radius 2 is 1.21 bits per heavy atom. The van der Waals surface area contributed by atoms with Gasteiger partial charge in [-0.15, -0.1) is 0 Å². The van der Waals surface area contributed by atoms with Crippen molar-refractivity contribution >= 4 is 19.4 Å². The van der Waals surface area contributed by atoms with Crippen LogP contribution in [0.25, 0.3) is 0 Å². The first-order chi connectivity index (χ1) is 12.7. The predicted octanol–water partition coefficient (Wildman–Crippen LogP) is 8.84. The molecule has 0 unspecified atom stereocenters. The van der Waals surface area contributed by atoms with Crippen LogP contribution in [-0.2, 0) is 17.1 Å². The van der Waals surface area contributed by atoms with Crippen LogP contribution in [0.3, 0.4) is 0 Å². The Kier molecular flexibility index (Phi) is 9.80. The minimum absolute atomic E-state index is 0. The van der Waals surface area contributed by atoms with Crippen LogP contribution >= 0.6 is 19.4 Å². The van der Waals surface area contributed by atoms with Crippen LogP contribution < -0.4 is 9.47 Å². The van der Waals surface area contributed by atoms with Gasteiger partial charge in [-0.3, -0.25) is 0 Å². The van der Waals surface area contributed by atoms with Gasteiger partial charge < -0.3 is 9.47 Å². The van der Waals surface area contributed by atoms with Crippen molar-refractivity contribution in [3.05, 3.63) is 84.3 Å². The van der Waals surface area contributed by atoms with Crippen molar-refractivity contribution in [1.29, 1.82) is 0 Å². The summed E-state index contributed by atoms with van der Waals surface area (Å²) in [6.07, 6.45) is 10.0. The predicted molar refractivity (Wildman–Crippen MR) is 101 cm³/mol. The molecule has 0 aliphatic heterocycles. The molecule has 0 heterocycles. The second-order valence-electron chi connectivity index (χ2n) is 5.16. The minimum atomic E-state index is -10.7. The van der Waals surface area contributed by atoms with Crippen LogP contribution in [0.1, 0.15) is 0 Å². The molecule has 3 rings (SSSR count). The van der Waals surface area contributed by atoms with E-state index in [-0.39, 0.29) is 17.1 Å². The number of methoxy groups -OCH3 is 1. The Hall–Kier alpha value is -1.66. The molecule has 0 saturated heterocycles. The molecule has 2 aromatic rings. The third kappa shape index (κ3) is 18.1. The third-order valence-corrected chi connectivity index (χ3v) is 2.88. The van der Waals surface area contributed by atoms with Crippen molar-refractivity contribution in [1.82, 2.24) is 0 Å². The maximum atomic E-state index is 9.87. The number of halogens is 7. The normalized spacial score (nSPS) is 14.1. The number of hydrogen-bond acceptors (Lipinski definition) is 2. The SMILES string of the molecule is COc1ccc(Oc2cccc(Cl)c2)cc1.F[P-](F)(F)(F)(F)F.[CH]1C=CC=C1.[Fe]. The fourth-order valence-corrected chi connectivity index (χ4v) is 1.81. The molecule has 0 bridgehead atoms. The Labute approximate surface area is 179 Å². The summed E-state index contributed by atoms with van der Waals surface area (Å²) >= 11 is 5.86. The fraction of sp³-hybridized carbons (Fsp3) is 0.0556. The van der Waals surface area contributed by atoms with E-state index in [0.717, 1.165) is 17.2 Å². The van der Waals surface area contributed by atoms with Gasteiger partial charge in [0.1, 0.15) is 17.2 Å². The second kappa shape index (κ2) is 10.4. The van der Waals surface area contributed by atoms with Gasteiger partial charge in [0.05, 0.1) is 7.11 Å². The molecule has 0 N–H and O–H groups in total. The maximum absolute atomic E-state index is 10.7. The zero-order chi connectivity index (χ0) is 21.3. The summed E-state index contributed by atoms with van der Waals surface area (Å²) in [5, 5.41) is 0.658. The van der Waals surface area contributed by atoms with Gasteiger partial charge in [-0.25, -0.2) is 0 Å². The van der Waals surface area contributed by atoms with E-state index in [4.69, 9.17) is 21.1 Å². The van der Waals surface area contributed by atoms with Crippen LogP contribution in [0, 0.1) is 6.42 Å². The summed E-state index contributed by atoms with van der Waals surface area (Å²) < 4.78 is 69.9. The van der Waals surface area contributed by atoms with Gasteiger partial charge in [0.2, 0.25) is 0 Å². The van der Waals surface area contributed by atoms with Gasteiger partial charge in [-0.05, 0) is 42.5 Å². The average molecular weight is 501 g/mol. The van der Waals surface area contributed by atoms with E-state index in [9.17, 15) is 25.2 Å². The first-order valence-electron chi connectivity index (χ1n) is 7.53. The molecule has 0 amide bonds. The van der Waals surface area contributed by atoms with Gasteiger partial charge in [0.25, 0.3) is 0 Å². The van der Waals surface area contributed by atoms with Gasteiger partial charge in [-0.2, -0.15) is 0 Å². The molecule has 163 valence electrons. The minimum Gasteiger partial charge on any atom is -0.0767 e. The van der Waals surface area contributed by atoms with Crippen molar-refractivity contribution in [2.75, 3.05) is 7.11 Å². The summed E-state index contributed by atoms with van der Waals surface area (Å²) in [4.78, 5) is 0. The summed E-state index contributed by atoms with van der Waals surface area (Å²) in [5.41, 5.74) is 0. The maximum Gasteiger partial charge on any atom is 0.00506 e. The Morgan fingerprint density at radius 3 is 1.59 bits per heavy atom.